The molecule has 3 rings (SSSR count). The summed E-state index contributed by atoms with van der Waals surface area (Å²) in [5.74, 6) is -0.301. The number of aromatic carboxylic acids is 1. The molecular weight excluding hydrogens is 334 g/mol. The van der Waals surface area contributed by atoms with Gasteiger partial charge in [0.05, 0.1) is 10.5 Å². The molecule has 116 valence electrons. The molecule has 0 atom stereocenters. The number of amides is 1. The first kappa shape index (κ1) is 15.5. The normalized spacial score (nSPS) is 16.4. The molecule has 7 heteroatoms. The largest absolute Gasteiger partial charge is 0.478 e. The van der Waals surface area contributed by atoms with Crippen molar-refractivity contribution in [1.82, 2.24) is 4.90 Å². The molecule has 0 radical (unpaired) electrons. The van der Waals surface area contributed by atoms with Crippen LogP contribution in [0.5, 0.6) is 0 Å². The van der Waals surface area contributed by atoms with Crippen LogP contribution in [-0.4, -0.2) is 33.3 Å². The number of carboxylic acid groups (broad SMARTS) is 1. The minimum atomic E-state index is -1.02. The summed E-state index contributed by atoms with van der Waals surface area (Å²) in [5, 5.41) is 9.24. The Hall–Kier alpha value is -2.38. The SMILES string of the molecule is CN1C(=O)/C(=C/c2ccc(-c3ccccc3C(=O)O)o2)SC1=S. The van der Waals surface area contributed by atoms with Gasteiger partial charge in [-0.1, -0.05) is 42.2 Å². The average Bonchev–Trinajstić information content (AvgIpc) is 3.09. The number of rotatable bonds is 3. The van der Waals surface area contributed by atoms with E-state index >= 15 is 0 Å². The molecule has 0 bridgehead atoms. The molecule has 1 aromatic heterocycles. The Kier molecular flexibility index (Phi) is 4.06. The molecule has 0 saturated carbocycles. The van der Waals surface area contributed by atoms with Gasteiger partial charge in [0.2, 0.25) is 0 Å². The van der Waals surface area contributed by atoms with Crippen LogP contribution in [-0.2, 0) is 4.79 Å². The van der Waals surface area contributed by atoms with E-state index in [1.807, 2.05) is 0 Å². The Bertz CT molecular complexity index is 853. The summed E-state index contributed by atoms with van der Waals surface area (Å²) in [6, 6.07) is 9.96. The lowest BCUT2D eigenvalue weighted by molar-refractivity contribution is -0.121. The smallest absolute Gasteiger partial charge is 0.336 e. The van der Waals surface area contributed by atoms with Crippen molar-refractivity contribution >= 4 is 46.3 Å². The molecule has 1 amide bonds. The predicted molar refractivity (Wildman–Crippen MR) is 92.0 cm³/mol. The third-order valence-electron chi connectivity index (χ3n) is 3.31. The van der Waals surface area contributed by atoms with E-state index in [4.69, 9.17) is 16.6 Å². The zero-order valence-corrected chi connectivity index (χ0v) is 13.6. The number of thioether (sulfide) groups is 1. The van der Waals surface area contributed by atoms with E-state index in [9.17, 15) is 14.7 Å². The number of benzene rings is 1. The lowest BCUT2D eigenvalue weighted by atomic mass is 10.1. The monoisotopic (exact) mass is 345 g/mol. The van der Waals surface area contributed by atoms with E-state index in [-0.39, 0.29) is 11.5 Å². The predicted octanol–water partition coefficient (Wildman–Crippen LogP) is 3.48. The van der Waals surface area contributed by atoms with Gasteiger partial charge >= 0.3 is 5.97 Å². The summed E-state index contributed by atoms with van der Waals surface area (Å²) < 4.78 is 6.16. The fourth-order valence-electron chi connectivity index (χ4n) is 2.13. The molecule has 1 aliphatic heterocycles. The number of thiocarbonyl (C=S) groups is 1. The van der Waals surface area contributed by atoms with Crippen molar-refractivity contribution in [1.29, 1.82) is 0 Å². The quantitative estimate of drug-likeness (QED) is 0.678. The third kappa shape index (κ3) is 2.93. The molecule has 1 N–H and O–H groups in total. The van der Waals surface area contributed by atoms with Crippen LogP contribution in [0, 0.1) is 0 Å². The van der Waals surface area contributed by atoms with Crippen LogP contribution in [0.25, 0.3) is 17.4 Å². The van der Waals surface area contributed by atoms with Crippen LogP contribution in [0.15, 0.2) is 45.7 Å². The Morgan fingerprint density at radius 1 is 1.30 bits per heavy atom. The molecule has 1 fully saturated rings. The number of hydrogen-bond acceptors (Lipinski definition) is 5. The van der Waals surface area contributed by atoms with Crippen LogP contribution in [0.1, 0.15) is 16.1 Å². The number of likely N-dealkylation sites (N-methyl/N-ethyl adjacent to an activating group) is 1. The summed E-state index contributed by atoms with van der Waals surface area (Å²) in [6.07, 6.45) is 1.61. The lowest BCUT2D eigenvalue weighted by Gasteiger charge is -2.03. The highest BCUT2D eigenvalue weighted by molar-refractivity contribution is 8.26. The summed E-state index contributed by atoms with van der Waals surface area (Å²) in [5.41, 5.74) is 0.649. The first-order valence-electron chi connectivity index (χ1n) is 6.61. The molecule has 0 aliphatic carbocycles. The summed E-state index contributed by atoms with van der Waals surface area (Å²) in [6.45, 7) is 0. The van der Waals surface area contributed by atoms with Crippen LogP contribution < -0.4 is 0 Å². The van der Waals surface area contributed by atoms with Gasteiger partial charge in [-0.05, 0) is 18.2 Å². The second kappa shape index (κ2) is 6.02. The molecule has 1 aliphatic rings. The Labute approximate surface area is 141 Å². The summed E-state index contributed by atoms with van der Waals surface area (Å²) >= 11 is 6.28. The maximum Gasteiger partial charge on any atom is 0.336 e. The first-order valence-corrected chi connectivity index (χ1v) is 7.84. The number of carboxylic acids is 1. The standard InChI is InChI=1S/C16H11NO4S2/c1-17-14(18)13(23-16(17)22)8-9-6-7-12(21-9)10-4-2-3-5-11(10)15(19)20/h2-8H,1H3,(H,19,20)/b13-8-. The molecule has 23 heavy (non-hydrogen) atoms. The van der Waals surface area contributed by atoms with Crippen molar-refractivity contribution in [2.75, 3.05) is 7.05 Å². The van der Waals surface area contributed by atoms with Gasteiger partial charge in [-0.2, -0.15) is 0 Å². The van der Waals surface area contributed by atoms with E-state index in [1.54, 1.807) is 43.5 Å². The van der Waals surface area contributed by atoms with Crippen LogP contribution >= 0.6 is 24.0 Å². The second-order valence-corrected chi connectivity index (χ2v) is 6.47. The third-order valence-corrected chi connectivity index (χ3v) is 4.79. The number of furan rings is 1. The molecular formula is C16H11NO4S2. The van der Waals surface area contributed by atoms with E-state index in [1.165, 1.54) is 22.7 Å². The first-order chi connectivity index (χ1) is 11.0. The highest BCUT2D eigenvalue weighted by Gasteiger charge is 2.29. The van der Waals surface area contributed by atoms with Crippen LogP contribution in [0.4, 0.5) is 0 Å². The van der Waals surface area contributed by atoms with Gasteiger partial charge in [0.25, 0.3) is 5.91 Å². The highest BCUT2D eigenvalue weighted by Crippen LogP contribution is 2.33. The summed E-state index contributed by atoms with van der Waals surface area (Å²) in [4.78, 5) is 25.1. The van der Waals surface area contributed by atoms with Gasteiger partial charge in [-0.15, -0.1) is 0 Å². The number of hydrogen-bond donors (Lipinski definition) is 1. The Morgan fingerprint density at radius 3 is 2.70 bits per heavy atom. The van der Waals surface area contributed by atoms with E-state index in [0.717, 1.165) is 0 Å². The van der Waals surface area contributed by atoms with Crippen molar-refractivity contribution in [3.63, 3.8) is 0 Å². The summed E-state index contributed by atoms with van der Waals surface area (Å²) in [7, 11) is 1.62. The van der Waals surface area contributed by atoms with Crippen LogP contribution in [0.2, 0.25) is 0 Å². The van der Waals surface area contributed by atoms with Crippen molar-refractivity contribution in [2.45, 2.75) is 0 Å². The van der Waals surface area contributed by atoms with Crippen molar-refractivity contribution in [3.05, 3.63) is 52.6 Å². The molecule has 0 unspecified atom stereocenters. The van der Waals surface area contributed by atoms with E-state index < -0.39 is 5.97 Å². The Balaban J connectivity index is 1.95. The van der Waals surface area contributed by atoms with Gasteiger partial charge in [-0.25, -0.2) is 4.79 Å². The van der Waals surface area contributed by atoms with Crippen molar-refractivity contribution in [2.24, 2.45) is 0 Å². The van der Waals surface area contributed by atoms with Gasteiger partial charge in [0, 0.05) is 18.7 Å². The zero-order valence-electron chi connectivity index (χ0n) is 12.0. The van der Waals surface area contributed by atoms with Crippen molar-refractivity contribution < 1.29 is 19.1 Å². The van der Waals surface area contributed by atoms with Gasteiger partial charge < -0.3 is 9.52 Å². The highest BCUT2D eigenvalue weighted by atomic mass is 32.2. The number of nitrogens with zero attached hydrogens (tertiary/aromatic N) is 1. The van der Waals surface area contributed by atoms with Crippen LogP contribution in [0.3, 0.4) is 0 Å². The van der Waals surface area contributed by atoms with Gasteiger partial charge in [0.1, 0.15) is 15.8 Å². The molecule has 5 nitrogen and oxygen atoms in total. The van der Waals surface area contributed by atoms with E-state index in [0.29, 0.717) is 26.3 Å². The number of carbonyl (C=O) groups is 2. The molecule has 2 aromatic rings. The topological polar surface area (TPSA) is 70.8 Å². The molecule has 1 saturated heterocycles. The molecule has 2 heterocycles. The fraction of sp³-hybridized carbons (Fsp3) is 0.0625. The fourth-order valence-corrected chi connectivity index (χ4v) is 3.29. The average molecular weight is 345 g/mol. The number of carbonyl (C=O) groups excluding carboxylic acids is 1. The van der Waals surface area contributed by atoms with Gasteiger partial charge in [-0.3, -0.25) is 9.69 Å². The second-order valence-electron chi connectivity index (χ2n) is 4.79. The minimum absolute atomic E-state index is 0.160. The minimum Gasteiger partial charge on any atom is -0.478 e. The van der Waals surface area contributed by atoms with Gasteiger partial charge in [0.15, 0.2) is 0 Å². The van der Waals surface area contributed by atoms with Crippen molar-refractivity contribution in [3.8, 4) is 11.3 Å². The molecule has 1 aromatic carbocycles. The Morgan fingerprint density at radius 2 is 2.04 bits per heavy atom. The molecule has 0 spiro atoms. The maximum atomic E-state index is 12.0. The lowest BCUT2D eigenvalue weighted by Crippen LogP contribution is -2.22. The van der Waals surface area contributed by atoms with E-state index in [2.05, 4.69) is 0 Å². The maximum absolute atomic E-state index is 12.0. The zero-order chi connectivity index (χ0) is 16.6.